The van der Waals surface area contributed by atoms with Crippen molar-refractivity contribution in [3.8, 4) is 0 Å². The summed E-state index contributed by atoms with van der Waals surface area (Å²) in [6, 6.07) is 2.57. The molecule has 0 N–H and O–H groups in total. The van der Waals surface area contributed by atoms with Crippen molar-refractivity contribution in [2.24, 2.45) is 0 Å². The van der Waals surface area contributed by atoms with Crippen LogP contribution in [0.1, 0.15) is 47.8 Å². The van der Waals surface area contributed by atoms with Gasteiger partial charge in [-0.2, -0.15) is 13.2 Å². The predicted molar refractivity (Wildman–Crippen MR) is 99.7 cm³/mol. The second-order valence-corrected chi connectivity index (χ2v) is 7.84. The number of fused-ring (bicyclic) bond motifs is 1. The first-order valence-corrected chi connectivity index (χ1v) is 9.92. The number of halogens is 3. The molecule has 28 heavy (non-hydrogen) atoms. The van der Waals surface area contributed by atoms with Crippen LogP contribution in [0.4, 0.5) is 24.8 Å². The Hall–Kier alpha value is -2.38. The summed E-state index contributed by atoms with van der Waals surface area (Å²) in [6.07, 6.45) is 2.16. The number of aromatic nitrogens is 3. The van der Waals surface area contributed by atoms with Gasteiger partial charge in [-0.25, -0.2) is 15.0 Å². The lowest BCUT2D eigenvalue weighted by Gasteiger charge is -2.37. The number of hydrogen-bond acceptors (Lipinski definition) is 5. The molecule has 1 saturated carbocycles. The van der Waals surface area contributed by atoms with E-state index in [1.165, 1.54) is 30.2 Å². The van der Waals surface area contributed by atoms with Crippen LogP contribution in [0, 0.1) is 0 Å². The average molecular weight is 389 g/mol. The second-order valence-electron chi connectivity index (χ2n) is 7.84. The standard InChI is InChI=1S/C20H22F3N5/c21-20(22,23)14-6-7-17(24-12-14)27-8-10-28(11-9-27)19-15-2-1-3-16(15)25-18(26-19)13-4-5-13/h6-7,12-13H,1-5,8-11H2. The molecular weight excluding hydrogens is 367 g/mol. The molecule has 3 heterocycles. The minimum atomic E-state index is -4.35. The molecule has 2 fully saturated rings. The number of hydrogen-bond donors (Lipinski definition) is 0. The molecule has 1 saturated heterocycles. The average Bonchev–Trinajstić information content (AvgIpc) is 3.44. The normalized spacial score (nSPS) is 19.8. The van der Waals surface area contributed by atoms with Gasteiger partial charge in [0.1, 0.15) is 17.5 Å². The summed E-state index contributed by atoms with van der Waals surface area (Å²) < 4.78 is 38.2. The van der Waals surface area contributed by atoms with Crippen molar-refractivity contribution in [1.29, 1.82) is 0 Å². The molecule has 5 nitrogen and oxygen atoms in total. The third-order valence-corrected chi connectivity index (χ3v) is 5.85. The van der Waals surface area contributed by atoms with Crippen molar-refractivity contribution < 1.29 is 13.2 Å². The quantitative estimate of drug-likeness (QED) is 0.803. The van der Waals surface area contributed by atoms with Crippen LogP contribution in [0.3, 0.4) is 0 Å². The van der Waals surface area contributed by atoms with Gasteiger partial charge in [-0.3, -0.25) is 0 Å². The molecule has 0 bridgehead atoms. The van der Waals surface area contributed by atoms with Gasteiger partial charge in [0.2, 0.25) is 0 Å². The Morgan fingerprint density at radius 2 is 1.68 bits per heavy atom. The molecule has 2 aromatic heterocycles. The minimum Gasteiger partial charge on any atom is -0.353 e. The number of pyridine rings is 1. The zero-order valence-electron chi connectivity index (χ0n) is 15.5. The van der Waals surface area contributed by atoms with Crippen LogP contribution in [-0.4, -0.2) is 41.1 Å². The van der Waals surface area contributed by atoms with Crippen LogP contribution >= 0.6 is 0 Å². The highest BCUT2D eigenvalue weighted by molar-refractivity contribution is 5.53. The van der Waals surface area contributed by atoms with E-state index in [-0.39, 0.29) is 0 Å². The number of piperazine rings is 1. The molecule has 0 amide bonds. The SMILES string of the molecule is FC(F)(F)c1ccc(N2CCN(c3nc(C4CC4)nc4c3CCC4)CC2)nc1. The Morgan fingerprint density at radius 1 is 0.929 bits per heavy atom. The molecular formula is C20H22F3N5. The fourth-order valence-electron chi connectivity index (χ4n) is 4.11. The van der Waals surface area contributed by atoms with Crippen LogP contribution in [0.25, 0.3) is 0 Å². The summed E-state index contributed by atoms with van der Waals surface area (Å²) in [5.74, 6) is 3.22. The lowest BCUT2D eigenvalue weighted by Crippen LogP contribution is -2.47. The molecule has 2 aromatic rings. The van der Waals surface area contributed by atoms with E-state index in [1.54, 1.807) is 0 Å². The number of nitrogens with zero attached hydrogens (tertiary/aromatic N) is 5. The van der Waals surface area contributed by atoms with E-state index in [9.17, 15) is 13.2 Å². The van der Waals surface area contributed by atoms with E-state index in [2.05, 4.69) is 9.88 Å². The van der Waals surface area contributed by atoms with Gasteiger partial charge in [0.15, 0.2) is 0 Å². The van der Waals surface area contributed by atoms with Gasteiger partial charge in [0.05, 0.1) is 5.56 Å². The van der Waals surface area contributed by atoms with Crippen LogP contribution in [0.15, 0.2) is 18.3 Å². The molecule has 0 spiro atoms. The van der Waals surface area contributed by atoms with Crippen molar-refractivity contribution in [3.05, 3.63) is 41.0 Å². The Morgan fingerprint density at radius 3 is 2.32 bits per heavy atom. The monoisotopic (exact) mass is 389 g/mol. The third kappa shape index (κ3) is 3.29. The first kappa shape index (κ1) is 17.7. The van der Waals surface area contributed by atoms with Gasteiger partial charge in [-0.15, -0.1) is 0 Å². The van der Waals surface area contributed by atoms with Crippen molar-refractivity contribution >= 4 is 11.6 Å². The molecule has 148 valence electrons. The molecule has 5 rings (SSSR count). The highest BCUT2D eigenvalue weighted by atomic mass is 19.4. The summed E-state index contributed by atoms with van der Waals surface area (Å²) in [7, 11) is 0. The first-order chi connectivity index (χ1) is 13.5. The lowest BCUT2D eigenvalue weighted by molar-refractivity contribution is -0.137. The predicted octanol–water partition coefficient (Wildman–Crippen LogP) is 3.58. The summed E-state index contributed by atoms with van der Waals surface area (Å²) in [6.45, 7) is 3.01. The zero-order chi connectivity index (χ0) is 19.3. The molecule has 0 aromatic carbocycles. The van der Waals surface area contributed by atoms with Gasteiger partial charge in [0, 0.05) is 49.6 Å². The van der Waals surface area contributed by atoms with Crippen molar-refractivity contribution in [2.45, 2.75) is 44.2 Å². The molecule has 8 heteroatoms. The molecule has 2 aliphatic carbocycles. The number of rotatable bonds is 3. The smallest absolute Gasteiger partial charge is 0.353 e. The Balaban J connectivity index is 1.31. The highest BCUT2D eigenvalue weighted by Gasteiger charge is 2.33. The summed E-state index contributed by atoms with van der Waals surface area (Å²) >= 11 is 0. The number of anilines is 2. The zero-order valence-corrected chi connectivity index (χ0v) is 15.5. The highest BCUT2D eigenvalue weighted by Crippen LogP contribution is 2.40. The fraction of sp³-hybridized carbons (Fsp3) is 0.550. The van der Waals surface area contributed by atoms with Gasteiger partial charge in [-0.05, 0) is 44.2 Å². The van der Waals surface area contributed by atoms with Gasteiger partial charge in [0.25, 0.3) is 0 Å². The summed E-state index contributed by atoms with van der Waals surface area (Å²) in [5.41, 5.74) is 1.81. The maximum atomic E-state index is 12.7. The van der Waals surface area contributed by atoms with Crippen LogP contribution < -0.4 is 9.80 Å². The molecule has 1 aliphatic heterocycles. The van der Waals surface area contributed by atoms with Crippen LogP contribution in [0.5, 0.6) is 0 Å². The van der Waals surface area contributed by atoms with Gasteiger partial charge in [-0.1, -0.05) is 0 Å². The van der Waals surface area contributed by atoms with E-state index < -0.39 is 11.7 Å². The third-order valence-electron chi connectivity index (χ3n) is 5.85. The van der Waals surface area contributed by atoms with Crippen molar-refractivity contribution in [1.82, 2.24) is 15.0 Å². The molecule has 0 unspecified atom stereocenters. The fourth-order valence-corrected chi connectivity index (χ4v) is 4.11. The Labute approximate surface area is 161 Å². The van der Waals surface area contributed by atoms with Crippen molar-refractivity contribution in [2.75, 3.05) is 36.0 Å². The molecule has 0 atom stereocenters. The van der Waals surface area contributed by atoms with E-state index >= 15 is 0 Å². The van der Waals surface area contributed by atoms with Gasteiger partial charge >= 0.3 is 6.18 Å². The van der Waals surface area contributed by atoms with Crippen LogP contribution in [0.2, 0.25) is 0 Å². The number of alkyl halides is 3. The van der Waals surface area contributed by atoms with E-state index in [0.717, 1.165) is 69.3 Å². The largest absolute Gasteiger partial charge is 0.417 e. The topological polar surface area (TPSA) is 45.2 Å². The Kier molecular flexibility index (Phi) is 4.17. The minimum absolute atomic E-state index is 0.530. The summed E-state index contributed by atoms with van der Waals surface area (Å²) in [4.78, 5) is 18.1. The van der Waals surface area contributed by atoms with Gasteiger partial charge < -0.3 is 9.80 Å². The Bertz CT molecular complexity index is 869. The number of aryl methyl sites for hydroxylation is 1. The van der Waals surface area contributed by atoms with Crippen molar-refractivity contribution in [3.63, 3.8) is 0 Å². The molecule has 0 radical (unpaired) electrons. The van der Waals surface area contributed by atoms with Crippen LogP contribution in [-0.2, 0) is 19.0 Å². The van der Waals surface area contributed by atoms with E-state index in [4.69, 9.17) is 9.97 Å². The molecule has 3 aliphatic rings. The second kappa shape index (κ2) is 6.60. The van der Waals surface area contributed by atoms with E-state index in [1.807, 2.05) is 4.90 Å². The first-order valence-electron chi connectivity index (χ1n) is 9.92. The summed E-state index contributed by atoms with van der Waals surface area (Å²) in [5, 5.41) is 0. The maximum absolute atomic E-state index is 12.7. The maximum Gasteiger partial charge on any atom is 0.417 e. The van der Waals surface area contributed by atoms with E-state index in [0.29, 0.717) is 11.7 Å². The lowest BCUT2D eigenvalue weighted by atomic mass is 10.2.